The van der Waals surface area contributed by atoms with E-state index in [1.165, 1.54) is 23.9 Å². The fraction of sp³-hybridized carbons (Fsp3) is 0.455. The van der Waals surface area contributed by atoms with Gasteiger partial charge in [0.05, 0.1) is 5.56 Å². The minimum absolute atomic E-state index is 0.566. The van der Waals surface area contributed by atoms with Crippen LogP contribution in [0.3, 0.4) is 0 Å². The molecule has 0 aromatic heterocycles. The van der Waals surface area contributed by atoms with E-state index in [4.69, 9.17) is 0 Å². The van der Waals surface area contributed by atoms with Gasteiger partial charge in [-0.15, -0.1) is 11.8 Å². The van der Waals surface area contributed by atoms with Crippen molar-refractivity contribution in [1.29, 1.82) is 0 Å². The van der Waals surface area contributed by atoms with E-state index in [9.17, 15) is 13.2 Å². The maximum atomic E-state index is 12.3. The zero-order chi connectivity index (χ0) is 11.3. The number of benzene rings is 1. The molecule has 0 nitrogen and oxygen atoms in total. The number of alkyl halides is 3. The first-order chi connectivity index (χ1) is 7.04. The van der Waals surface area contributed by atoms with Crippen molar-refractivity contribution in [3.8, 4) is 0 Å². The molecule has 0 fully saturated rings. The van der Waals surface area contributed by atoms with E-state index in [1.807, 2.05) is 0 Å². The van der Waals surface area contributed by atoms with E-state index in [1.54, 1.807) is 6.07 Å². The van der Waals surface area contributed by atoms with Crippen LogP contribution in [0.1, 0.15) is 25.3 Å². The van der Waals surface area contributed by atoms with Crippen molar-refractivity contribution in [2.75, 3.05) is 5.75 Å². The molecule has 0 amide bonds. The lowest BCUT2D eigenvalue weighted by molar-refractivity contribution is -0.137. The van der Waals surface area contributed by atoms with Gasteiger partial charge >= 0.3 is 6.18 Å². The Bertz CT molecular complexity index is 307. The minimum Gasteiger partial charge on any atom is -0.166 e. The minimum atomic E-state index is -4.23. The van der Waals surface area contributed by atoms with Gasteiger partial charge in [-0.05, 0) is 30.4 Å². The number of unbranched alkanes of at least 4 members (excludes halogenated alkanes) is 1. The number of rotatable bonds is 4. The third-order valence-corrected chi connectivity index (χ3v) is 3.01. The quantitative estimate of drug-likeness (QED) is 0.542. The van der Waals surface area contributed by atoms with Crippen molar-refractivity contribution in [1.82, 2.24) is 0 Å². The summed E-state index contributed by atoms with van der Waals surface area (Å²) >= 11 is 1.48. The molecule has 0 aliphatic heterocycles. The Kier molecular flexibility index (Phi) is 4.51. The van der Waals surface area contributed by atoms with E-state index >= 15 is 0 Å². The van der Waals surface area contributed by atoms with Crippen molar-refractivity contribution >= 4 is 11.8 Å². The normalized spacial score (nSPS) is 11.7. The Morgan fingerprint density at radius 1 is 1.27 bits per heavy atom. The summed E-state index contributed by atoms with van der Waals surface area (Å²) < 4.78 is 37.0. The van der Waals surface area contributed by atoms with Crippen LogP contribution in [0.2, 0.25) is 0 Å². The zero-order valence-corrected chi connectivity index (χ0v) is 9.29. The van der Waals surface area contributed by atoms with Crippen LogP contribution in [-0.2, 0) is 6.18 Å². The molecule has 1 aromatic rings. The largest absolute Gasteiger partial charge is 0.416 e. The molecule has 0 saturated carbocycles. The van der Waals surface area contributed by atoms with E-state index in [0.29, 0.717) is 4.90 Å². The summed E-state index contributed by atoms with van der Waals surface area (Å²) in [5.74, 6) is 0.873. The molecule has 15 heavy (non-hydrogen) atoms. The summed E-state index contributed by atoms with van der Waals surface area (Å²) in [6.07, 6.45) is -2.14. The van der Waals surface area contributed by atoms with Crippen LogP contribution < -0.4 is 0 Å². The van der Waals surface area contributed by atoms with Gasteiger partial charge in [-0.1, -0.05) is 19.4 Å². The molecule has 0 unspecified atom stereocenters. The first-order valence-corrected chi connectivity index (χ1v) is 5.82. The van der Waals surface area contributed by atoms with Gasteiger partial charge in [-0.3, -0.25) is 0 Å². The molecule has 0 bridgehead atoms. The van der Waals surface area contributed by atoms with Crippen molar-refractivity contribution in [2.45, 2.75) is 30.8 Å². The molecule has 0 saturated heterocycles. The van der Waals surface area contributed by atoms with Gasteiger partial charge in [-0.25, -0.2) is 0 Å². The second-order valence-electron chi connectivity index (χ2n) is 3.23. The van der Waals surface area contributed by atoms with Crippen molar-refractivity contribution in [3.05, 3.63) is 29.8 Å². The standard InChI is InChI=1S/C11H13F3S/c1-2-3-7-15-10-6-4-5-9(8-10)11(12,13)14/h4-6,8H,2-3,7H2,1H3. The Balaban J connectivity index is 2.66. The summed E-state index contributed by atoms with van der Waals surface area (Å²) in [5.41, 5.74) is -0.566. The van der Waals surface area contributed by atoms with Crippen LogP contribution in [0.15, 0.2) is 29.2 Å². The molecule has 0 radical (unpaired) electrons. The van der Waals surface area contributed by atoms with Crippen LogP contribution >= 0.6 is 11.8 Å². The summed E-state index contributed by atoms with van der Waals surface area (Å²) in [4.78, 5) is 0.693. The van der Waals surface area contributed by atoms with Crippen molar-refractivity contribution < 1.29 is 13.2 Å². The Hall–Kier alpha value is -0.640. The van der Waals surface area contributed by atoms with E-state index < -0.39 is 11.7 Å². The number of halogens is 3. The van der Waals surface area contributed by atoms with Gasteiger partial charge in [0.2, 0.25) is 0 Å². The van der Waals surface area contributed by atoms with E-state index in [-0.39, 0.29) is 0 Å². The third-order valence-electron chi connectivity index (χ3n) is 1.93. The molecule has 0 atom stereocenters. The fourth-order valence-electron chi connectivity index (χ4n) is 1.10. The Morgan fingerprint density at radius 3 is 2.60 bits per heavy atom. The van der Waals surface area contributed by atoms with Gasteiger partial charge in [-0.2, -0.15) is 13.2 Å². The Labute approximate surface area is 91.9 Å². The van der Waals surface area contributed by atoms with Gasteiger partial charge < -0.3 is 0 Å². The number of hydrogen-bond donors (Lipinski definition) is 0. The summed E-state index contributed by atoms with van der Waals surface area (Å²) in [5, 5.41) is 0. The molecule has 0 N–H and O–H groups in total. The topological polar surface area (TPSA) is 0 Å². The lowest BCUT2D eigenvalue weighted by Gasteiger charge is -2.08. The molecule has 0 aliphatic rings. The van der Waals surface area contributed by atoms with E-state index in [2.05, 4.69) is 6.92 Å². The number of hydrogen-bond acceptors (Lipinski definition) is 1. The van der Waals surface area contributed by atoms with E-state index in [0.717, 1.165) is 24.7 Å². The predicted octanol–water partition coefficient (Wildman–Crippen LogP) is 4.60. The summed E-state index contributed by atoms with van der Waals surface area (Å²) in [6.45, 7) is 2.06. The van der Waals surface area contributed by atoms with Gasteiger partial charge in [0.1, 0.15) is 0 Å². The first kappa shape index (κ1) is 12.4. The highest BCUT2D eigenvalue weighted by atomic mass is 32.2. The molecule has 1 rings (SSSR count). The Morgan fingerprint density at radius 2 is 2.00 bits per heavy atom. The molecular weight excluding hydrogens is 221 g/mol. The molecule has 0 aliphatic carbocycles. The highest BCUT2D eigenvalue weighted by molar-refractivity contribution is 7.99. The van der Waals surface area contributed by atoms with Gasteiger partial charge in [0.15, 0.2) is 0 Å². The highest BCUT2D eigenvalue weighted by Crippen LogP contribution is 2.31. The molecule has 0 spiro atoms. The second kappa shape index (κ2) is 5.45. The van der Waals surface area contributed by atoms with Gasteiger partial charge in [0.25, 0.3) is 0 Å². The molecule has 1 aromatic carbocycles. The van der Waals surface area contributed by atoms with Crippen LogP contribution in [-0.4, -0.2) is 5.75 Å². The smallest absolute Gasteiger partial charge is 0.166 e. The molecule has 0 heterocycles. The van der Waals surface area contributed by atoms with Crippen LogP contribution in [0.5, 0.6) is 0 Å². The summed E-state index contributed by atoms with van der Waals surface area (Å²) in [7, 11) is 0. The second-order valence-corrected chi connectivity index (χ2v) is 4.40. The molecule has 4 heteroatoms. The third kappa shape index (κ3) is 4.16. The average molecular weight is 234 g/mol. The van der Waals surface area contributed by atoms with Crippen molar-refractivity contribution in [2.24, 2.45) is 0 Å². The monoisotopic (exact) mass is 234 g/mol. The first-order valence-electron chi connectivity index (χ1n) is 4.84. The maximum Gasteiger partial charge on any atom is 0.416 e. The fourth-order valence-corrected chi connectivity index (χ4v) is 2.15. The molecular formula is C11H13F3S. The SMILES string of the molecule is CCCCSc1cccc(C(F)(F)F)c1. The van der Waals surface area contributed by atoms with Crippen LogP contribution in [0.25, 0.3) is 0 Å². The van der Waals surface area contributed by atoms with Gasteiger partial charge in [0, 0.05) is 4.90 Å². The predicted molar refractivity (Wildman–Crippen MR) is 57.1 cm³/mol. The maximum absolute atomic E-state index is 12.3. The van der Waals surface area contributed by atoms with Crippen LogP contribution in [0.4, 0.5) is 13.2 Å². The lowest BCUT2D eigenvalue weighted by atomic mass is 10.2. The average Bonchev–Trinajstić information content (AvgIpc) is 2.17. The van der Waals surface area contributed by atoms with Crippen LogP contribution in [0, 0.1) is 0 Å². The number of thioether (sulfide) groups is 1. The lowest BCUT2D eigenvalue weighted by Crippen LogP contribution is -2.04. The zero-order valence-electron chi connectivity index (χ0n) is 8.47. The molecule has 84 valence electrons. The highest BCUT2D eigenvalue weighted by Gasteiger charge is 2.30. The van der Waals surface area contributed by atoms with Crippen molar-refractivity contribution in [3.63, 3.8) is 0 Å². The summed E-state index contributed by atoms with van der Waals surface area (Å²) in [6, 6.07) is 5.48.